The van der Waals surface area contributed by atoms with Crippen molar-refractivity contribution in [1.82, 2.24) is 0 Å². The third kappa shape index (κ3) is 3.45. The highest BCUT2D eigenvalue weighted by Gasteiger charge is 2.38. The van der Waals surface area contributed by atoms with Gasteiger partial charge in [0.25, 0.3) is 0 Å². The van der Waals surface area contributed by atoms with Crippen LogP contribution in [0, 0.1) is 0 Å². The molecule has 0 bridgehead atoms. The molecule has 1 atom stereocenters. The number of rotatable bonds is 4. The Kier molecular flexibility index (Phi) is 4.58. The van der Waals surface area contributed by atoms with E-state index < -0.39 is 8.32 Å². The molecule has 0 heterocycles. The van der Waals surface area contributed by atoms with Gasteiger partial charge in [0, 0.05) is 16.8 Å². The summed E-state index contributed by atoms with van der Waals surface area (Å²) in [6, 6.07) is 5.51. The molecule has 0 spiro atoms. The summed E-state index contributed by atoms with van der Waals surface area (Å²) in [5.41, 5.74) is 7.99. The summed E-state index contributed by atoms with van der Waals surface area (Å²) < 4.78 is 6.31. The molecular weight excluding hydrogens is 254 g/mol. The first kappa shape index (κ1) is 15.9. The lowest BCUT2D eigenvalue weighted by atomic mass is 10.0. The van der Waals surface area contributed by atoms with E-state index in [1.807, 2.05) is 19.1 Å². The van der Waals surface area contributed by atoms with E-state index in [2.05, 4.69) is 33.9 Å². The van der Waals surface area contributed by atoms with Crippen LogP contribution in [0.3, 0.4) is 0 Å². The Balaban J connectivity index is 3.03. The van der Waals surface area contributed by atoms with Gasteiger partial charge in [0.2, 0.25) is 0 Å². The molecule has 0 saturated carbocycles. The predicted molar refractivity (Wildman–Crippen MR) is 82.9 cm³/mol. The van der Waals surface area contributed by atoms with Crippen LogP contribution in [0.15, 0.2) is 18.2 Å². The molecule has 1 aromatic carbocycles. The quantitative estimate of drug-likeness (QED) is 0.511. The number of hydrogen-bond acceptors (Lipinski definition) is 3. The van der Waals surface area contributed by atoms with E-state index in [4.69, 9.17) is 10.2 Å². The Hall–Kier alpha value is -1.13. The predicted octanol–water partition coefficient (Wildman–Crippen LogP) is 4.16. The van der Waals surface area contributed by atoms with Crippen molar-refractivity contribution in [2.45, 2.75) is 51.9 Å². The molecule has 0 aromatic heterocycles. The smallest absolute Gasteiger partial charge is 0.192 e. The summed E-state index contributed by atoms with van der Waals surface area (Å²) in [7, 11) is -1.85. The average Bonchev–Trinajstić information content (AvgIpc) is 2.27. The van der Waals surface area contributed by atoms with Crippen molar-refractivity contribution in [3.8, 4) is 0 Å². The number of hydrogen-bond donors (Lipinski definition) is 1. The van der Waals surface area contributed by atoms with Crippen LogP contribution in [0.25, 0.3) is 0 Å². The number of carbonyl (C=O) groups is 1. The van der Waals surface area contributed by atoms with Gasteiger partial charge >= 0.3 is 0 Å². The highest BCUT2D eigenvalue weighted by Crippen LogP contribution is 2.40. The number of benzene rings is 1. The van der Waals surface area contributed by atoms with Crippen LogP contribution >= 0.6 is 0 Å². The van der Waals surface area contributed by atoms with Gasteiger partial charge in [-0.15, -0.1) is 0 Å². The molecular formula is C15H25NO2Si. The van der Waals surface area contributed by atoms with Crippen LogP contribution in [-0.4, -0.2) is 14.6 Å². The summed E-state index contributed by atoms with van der Waals surface area (Å²) in [4.78, 5) is 10.9. The molecule has 0 amide bonds. The Morgan fingerprint density at radius 3 is 2.37 bits per heavy atom. The Morgan fingerprint density at radius 1 is 1.32 bits per heavy atom. The molecule has 0 aliphatic carbocycles. The Labute approximate surface area is 117 Å². The molecule has 0 radical (unpaired) electrons. The third-order valence-electron chi connectivity index (χ3n) is 4.02. The fourth-order valence-electron chi connectivity index (χ4n) is 1.74. The molecule has 0 aliphatic heterocycles. The lowest BCUT2D eigenvalue weighted by molar-refractivity contribution is 0.112. The summed E-state index contributed by atoms with van der Waals surface area (Å²) >= 11 is 0. The summed E-state index contributed by atoms with van der Waals surface area (Å²) in [6.45, 7) is 13.0. The maximum atomic E-state index is 10.9. The van der Waals surface area contributed by atoms with Crippen LogP contribution in [0.2, 0.25) is 18.1 Å². The second-order valence-corrected chi connectivity index (χ2v) is 11.2. The Bertz CT molecular complexity index is 464. The lowest BCUT2D eigenvalue weighted by Crippen LogP contribution is -2.41. The average molecular weight is 279 g/mol. The fourth-order valence-corrected chi connectivity index (χ4v) is 3.11. The van der Waals surface area contributed by atoms with Crippen LogP contribution < -0.4 is 5.73 Å². The first-order valence-corrected chi connectivity index (χ1v) is 9.52. The Morgan fingerprint density at radius 2 is 1.89 bits per heavy atom. The van der Waals surface area contributed by atoms with Crippen LogP contribution in [0.4, 0.5) is 5.69 Å². The highest BCUT2D eigenvalue weighted by atomic mass is 28.4. The number of nitrogen functional groups attached to an aromatic ring is 1. The topological polar surface area (TPSA) is 52.3 Å². The summed E-state index contributed by atoms with van der Waals surface area (Å²) in [5.74, 6) is 0. The lowest BCUT2D eigenvalue weighted by Gasteiger charge is -2.38. The first-order chi connectivity index (χ1) is 8.60. The van der Waals surface area contributed by atoms with Crippen molar-refractivity contribution >= 4 is 20.3 Å². The minimum atomic E-state index is -1.85. The van der Waals surface area contributed by atoms with Crippen molar-refractivity contribution in [3.63, 3.8) is 0 Å². The van der Waals surface area contributed by atoms with Crippen LogP contribution in [0.1, 0.15) is 49.7 Å². The SMILES string of the molecule is CC(O[Si](C)(C)C(C)(C)C)c1cccc(C=O)c1N. The van der Waals surface area contributed by atoms with E-state index in [0.717, 1.165) is 11.8 Å². The number of nitrogens with two attached hydrogens (primary N) is 1. The molecule has 0 aliphatic rings. The third-order valence-corrected chi connectivity index (χ3v) is 8.57. The van der Waals surface area contributed by atoms with E-state index in [-0.39, 0.29) is 11.1 Å². The van der Waals surface area contributed by atoms with Gasteiger partial charge < -0.3 is 10.2 Å². The van der Waals surface area contributed by atoms with E-state index in [1.54, 1.807) is 6.07 Å². The summed E-state index contributed by atoms with van der Waals surface area (Å²) in [5, 5.41) is 0.151. The minimum absolute atomic E-state index is 0.0965. The van der Waals surface area contributed by atoms with Gasteiger partial charge in [0.05, 0.1) is 6.10 Å². The van der Waals surface area contributed by atoms with Gasteiger partial charge in [-0.1, -0.05) is 32.9 Å². The van der Waals surface area contributed by atoms with Crippen molar-refractivity contribution in [2.24, 2.45) is 0 Å². The number of aldehydes is 1. The van der Waals surface area contributed by atoms with Gasteiger partial charge in [-0.05, 0) is 31.1 Å². The van der Waals surface area contributed by atoms with Gasteiger partial charge in [0.1, 0.15) is 0 Å². The molecule has 0 fully saturated rings. The van der Waals surface area contributed by atoms with Gasteiger partial charge in [-0.3, -0.25) is 4.79 Å². The molecule has 4 heteroatoms. The van der Waals surface area contributed by atoms with Crippen LogP contribution in [-0.2, 0) is 4.43 Å². The molecule has 2 N–H and O–H groups in total. The zero-order valence-electron chi connectivity index (χ0n) is 12.8. The monoisotopic (exact) mass is 279 g/mol. The van der Waals surface area contributed by atoms with Crippen molar-refractivity contribution in [2.75, 3.05) is 5.73 Å². The largest absolute Gasteiger partial charge is 0.410 e. The maximum Gasteiger partial charge on any atom is 0.192 e. The standard InChI is InChI=1S/C15H25NO2Si/c1-11(18-19(5,6)15(2,3)4)13-9-7-8-12(10-17)14(13)16/h7-11H,16H2,1-6H3. The second kappa shape index (κ2) is 5.47. The zero-order chi connectivity index (χ0) is 14.8. The molecule has 1 unspecified atom stereocenters. The van der Waals surface area contributed by atoms with Crippen molar-refractivity contribution < 1.29 is 9.22 Å². The zero-order valence-corrected chi connectivity index (χ0v) is 13.8. The van der Waals surface area contributed by atoms with E-state index in [1.165, 1.54) is 0 Å². The van der Waals surface area contributed by atoms with Crippen molar-refractivity contribution in [3.05, 3.63) is 29.3 Å². The normalized spacial score (nSPS) is 14.2. The molecule has 0 saturated heterocycles. The number of carbonyl (C=O) groups excluding carboxylic acids is 1. The molecule has 3 nitrogen and oxygen atoms in total. The molecule has 19 heavy (non-hydrogen) atoms. The maximum absolute atomic E-state index is 10.9. The highest BCUT2D eigenvalue weighted by molar-refractivity contribution is 6.74. The van der Waals surface area contributed by atoms with Gasteiger partial charge in [0.15, 0.2) is 14.6 Å². The second-order valence-electron chi connectivity index (χ2n) is 6.49. The number of para-hydroxylation sites is 1. The van der Waals surface area contributed by atoms with Gasteiger partial charge in [-0.2, -0.15) is 0 Å². The first-order valence-electron chi connectivity index (χ1n) is 6.61. The fraction of sp³-hybridized carbons (Fsp3) is 0.533. The van der Waals surface area contributed by atoms with Crippen LogP contribution in [0.5, 0.6) is 0 Å². The molecule has 106 valence electrons. The molecule has 1 rings (SSSR count). The summed E-state index contributed by atoms with van der Waals surface area (Å²) in [6.07, 6.45) is 0.693. The minimum Gasteiger partial charge on any atom is -0.410 e. The van der Waals surface area contributed by atoms with Gasteiger partial charge in [-0.25, -0.2) is 0 Å². The number of anilines is 1. The molecule has 1 aromatic rings. The van der Waals surface area contributed by atoms with E-state index in [0.29, 0.717) is 11.3 Å². The van der Waals surface area contributed by atoms with Crippen molar-refractivity contribution in [1.29, 1.82) is 0 Å². The van der Waals surface area contributed by atoms with E-state index in [9.17, 15) is 4.79 Å². The van der Waals surface area contributed by atoms with E-state index >= 15 is 0 Å².